The Balaban J connectivity index is 1.90. The van der Waals surface area contributed by atoms with Crippen molar-refractivity contribution in [3.63, 3.8) is 0 Å². The standard InChI is InChI=1S/C17H28ClN3/c1-4-14-13-21(12-11-20(14)3)10-9-17(19-2)15-7-5-6-8-16(15)18/h5-8,14,17,19H,4,9-13H2,1-3H3. The molecule has 0 amide bonds. The van der Waals surface area contributed by atoms with Crippen LogP contribution in [0.4, 0.5) is 0 Å². The van der Waals surface area contributed by atoms with E-state index in [-0.39, 0.29) is 0 Å². The van der Waals surface area contributed by atoms with E-state index in [4.69, 9.17) is 11.6 Å². The summed E-state index contributed by atoms with van der Waals surface area (Å²) < 4.78 is 0. The zero-order valence-electron chi connectivity index (χ0n) is 13.5. The lowest BCUT2D eigenvalue weighted by Crippen LogP contribution is -2.51. The summed E-state index contributed by atoms with van der Waals surface area (Å²) in [4.78, 5) is 5.08. The smallest absolute Gasteiger partial charge is 0.0453 e. The first kappa shape index (κ1) is 16.8. The molecule has 1 aromatic carbocycles. The zero-order chi connectivity index (χ0) is 15.2. The molecule has 21 heavy (non-hydrogen) atoms. The van der Waals surface area contributed by atoms with Crippen molar-refractivity contribution in [2.45, 2.75) is 31.8 Å². The number of halogens is 1. The fourth-order valence-corrected chi connectivity index (χ4v) is 3.45. The molecule has 2 rings (SSSR count). The highest BCUT2D eigenvalue weighted by Gasteiger charge is 2.23. The molecule has 4 heteroatoms. The van der Waals surface area contributed by atoms with Crippen LogP contribution < -0.4 is 5.32 Å². The molecule has 1 aliphatic rings. The van der Waals surface area contributed by atoms with Gasteiger partial charge in [-0.05, 0) is 38.6 Å². The summed E-state index contributed by atoms with van der Waals surface area (Å²) in [5.74, 6) is 0. The fraction of sp³-hybridized carbons (Fsp3) is 0.647. The van der Waals surface area contributed by atoms with Gasteiger partial charge in [-0.1, -0.05) is 36.7 Å². The summed E-state index contributed by atoms with van der Waals surface area (Å²) >= 11 is 6.32. The molecule has 0 radical (unpaired) electrons. The van der Waals surface area contributed by atoms with Crippen molar-refractivity contribution in [2.75, 3.05) is 40.3 Å². The third kappa shape index (κ3) is 4.43. The summed E-state index contributed by atoms with van der Waals surface area (Å²) in [7, 11) is 4.26. The van der Waals surface area contributed by atoms with Gasteiger partial charge in [0.05, 0.1) is 0 Å². The van der Waals surface area contributed by atoms with E-state index in [2.05, 4.69) is 41.2 Å². The average molecular weight is 310 g/mol. The molecule has 3 nitrogen and oxygen atoms in total. The monoisotopic (exact) mass is 309 g/mol. The molecule has 1 heterocycles. The Bertz CT molecular complexity index is 438. The van der Waals surface area contributed by atoms with Gasteiger partial charge in [0.25, 0.3) is 0 Å². The SMILES string of the molecule is CCC1CN(CCC(NC)c2ccccc2Cl)CCN1C. The van der Waals surface area contributed by atoms with Crippen LogP contribution in [0.3, 0.4) is 0 Å². The molecular formula is C17H28ClN3. The van der Waals surface area contributed by atoms with Crippen LogP contribution in [-0.4, -0.2) is 56.1 Å². The molecule has 1 N–H and O–H groups in total. The van der Waals surface area contributed by atoms with Crippen molar-refractivity contribution in [1.29, 1.82) is 0 Å². The van der Waals surface area contributed by atoms with Crippen LogP contribution in [-0.2, 0) is 0 Å². The molecule has 1 saturated heterocycles. The van der Waals surface area contributed by atoms with Gasteiger partial charge in [-0.25, -0.2) is 0 Å². The molecule has 0 saturated carbocycles. The minimum Gasteiger partial charge on any atom is -0.313 e. The Morgan fingerprint density at radius 3 is 2.76 bits per heavy atom. The van der Waals surface area contributed by atoms with E-state index in [9.17, 15) is 0 Å². The first-order valence-electron chi connectivity index (χ1n) is 8.00. The Hall–Kier alpha value is -0.610. The third-order valence-electron chi connectivity index (χ3n) is 4.70. The van der Waals surface area contributed by atoms with Crippen molar-refractivity contribution in [3.8, 4) is 0 Å². The van der Waals surface area contributed by atoms with E-state index in [1.54, 1.807) is 0 Å². The zero-order valence-corrected chi connectivity index (χ0v) is 14.2. The lowest BCUT2D eigenvalue weighted by Gasteiger charge is -2.39. The number of benzene rings is 1. The largest absolute Gasteiger partial charge is 0.313 e. The molecule has 118 valence electrons. The summed E-state index contributed by atoms with van der Waals surface area (Å²) in [5, 5.41) is 4.27. The lowest BCUT2D eigenvalue weighted by molar-refractivity contribution is 0.0904. The van der Waals surface area contributed by atoms with Crippen molar-refractivity contribution in [1.82, 2.24) is 15.1 Å². The molecular weight excluding hydrogens is 282 g/mol. The first-order valence-corrected chi connectivity index (χ1v) is 8.37. The maximum Gasteiger partial charge on any atom is 0.0453 e. The Morgan fingerprint density at radius 2 is 2.10 bits per heavy atom. The summed E-state index contributed by atoms with van der Waals surface area (Å²) in [6, 6.07) is 9.19. The van der Waals surface area contributed by atoms with Crippen LogP contribution in [0.25, 0.3) is 0 Å². The minimum atomic E-state index is 0.332. The number of hydrogen-bond donors (Lipinski definition) is 1. The molecule has 0 spiro atoms. The number of nitrogens with one attached hydrogen (secondary N) is 1. The van der Waals surface area contributed by atoms with Crippen molar-refractivity contribution < 1.29 is 0 Å². The highest BCUT2D eigenvalue weighted by Crippen LogP contribution is 2.25. The second-order valence-electron chi connectivity index (χ2n) is 5.99. The van der Waals surface area contributed by atoms with Gasteiger partial charge in [0, 0.05) is 43.3 Å². The molecule has 0 aliphatic carbocycles. The number of nitrogens with zero attached hydrogens (tertiary/aromatic N) is 2. The van der Waals surface area contributed by atoms with Gasteiger partial charge in [0.2, 0.25) is 0 Å². The van der Waals surface area contributed by atoms with Crippen molar-refractivity contribution in [3.05, 3.63) is 34.9 Å². The van der Waals surface area contributed by atoms with Crippen molar-refractivity contribution >= 4 is 11.6 Å². The fourth-order valence-electron chi connectivity index (χ4n) is 3.18. The van der Waals surface area contributed by atoms with E-state index in [1.165, 1.54) is 31.6 Å². The highest BCUT2D eigenvalue weighted by molar-refractivity contribution is 6.31. The number of hydrogen-bond acceptors (Lipinski definition) is 3. The summed E-state index contributed by atoms with van der Waals surface area (Å²) in [6.07, 6.45) is 2.33. The molecule has 1 aliphatic heterocycles. The number of piperazine rings is 1. The maximum atomic E-state index is 6.32. The normalized spacial score (nSPS) is 22.4. The van der Waals surface area contributed by atoms with E-state index in [0.717, 1.165) is 18.0 Å². The van der Waals surface area contributed by atoms with E-state index < -0.39 is 0 Å². The number of rotatable bonds is 6. The highest BCUT2D eigenvalue weighted by atomic mass is 35.5. The molecule has 1 fully saturated rings. The first-order chi connectivity index (χ1) is 10.2. The van der Waals surface area contributed by atoms with Gasteiger partial charge >= 0.3 is 0 Å². The second kappa shape index (κ2) is 8.14. The summed E-state index contributed by atoms with van der Waals surface area (Å²) in [5.41, 5.74) is 1.21. The maximum absolute atomic E-state index is 6.32. The third-order valence-corrected chi connectivity index (χ3v) is 5.04. The molecule has 1 aromatic rings. The van der Waals surface area contributed by atoms with Gasteiger partial charge in [-0.2, -0.15) is 0 Å². The van der Waals surface area contributed by atoms with Gasteiger partial charge in [-0.15, -0.1) is 0 Å². The van der Waals surface area contributed by atoms with Gasteiger partial charge in [-0.3, -0.25) is 0 Å². The van der Waals surface area contributed by atoms with Crippen LogP contribution in [0.5, 0.6) is 0 Å². The average Bonchev–Trinajstić information content (AvgIpc) is 2.51. The molecule has 2 unspecified atom stereocenters. The predicted molar refractivity (Wildman–Crippen MR) is 91.0 cm³/mol. The Kier molecular flexibility index (Phi) is 6.49. The molecule has 2 atom stereocenters. The van der Waals surface area contributed by atoms with E-state index in [1.807, 2.05) is 19.2 Å². The minimum absolute atomic E-state index is 0.332. The Morgan fingerprint density at radius 1 is 1.33 bits per heavy atom. The lowest BCUT2D eigenvalue weighted by atomic mass is 10.0. The van der Waals surface area contributed by atoms with Crippen LogP contribution >= 0.6 is 11.6 Å². The van der Waals surface area contributed by atoms with Crippen LogP contribution in [0.1, 0.15) is 31.4 Å². The van der Waals surface area contributed by atoms with Crippen molar-refractivity contribution in [2.24, 2.45) is 0 Å². The number of likely N-dealkylation sites (N-methyl/N-ethyl adjacent to an activating group) is 1. The van der Waals surface area contributed by atoms with Gasteiger partial charge < -0.3 is 15.1 Å². The topological polar surface area (TPSA) is 18.5 Å². The van der Waals surface area contributed by atoms with Gasteiger partial charge in [0.1, 0.15) is 0 Å². The molecule has 0 bridgehead atoms. The second-order valence-corrected chi connectivity index (χ2v) is 6.40. The summed E-state index contributed by atoms with van der Waals surface area (Å²) in [6.45, 7) is 6.94. The van der Waals surface area contributed by atoms with Gasteiger partial charge in [0.15, 0.2) is 0 Å². The van der Waals surface area contributed by atoms with Crippen LogP contribution in [0.15, 0.2) is 24.3 Å². The molecule has 0 aromatic heterocycles. The quantitative estimate of drug-likeness (QED) is 0.871. The van der Waals surface area contributed by atoms with Crippen LogP contribution in [0, 0.1) is 0 Å². The van der Waals surface area contributed by atoms with Crippen LogP contribution in [0.2, 0.25) is 5.02 Å². The predicted octanol–water partition coefficient (Wildman–Crippen LogP) is 3.02. The van der Waals surface area contributed by atoms with E-state index >= 15 is 0 Å². The van der Waals surface area contributed by atoms with E-state index in [0.29, 0.717) is 12.1 Å². The Labute approximate surface area is 134 Å².